The Balaban J connectivity index is 0.00000204. The molecule has 0 spiro atoms. The number of nitrogens with one attached hydrogen (secondary N) is 1. The van der Waals surface area contributed by atoms with Crippen molar-refractivity contribution in [3.8, 4) is 5.75 Å². The fourth-order valence-electron chi connectivity index (χ4n) is 4.10. The summed E-state index contributed by atoms with van der Waals surface area (Å²) in [5.74, 6) is 0.859. The van der Waals surface area contributed by atoms with Gasteiger partial charge in [0.25, 0.3) is 5.91 Å². The highest BCUT2D eigenvalue weighted by molar-refractivity contribution is 5.96. The predicted molar refractivity (Wildman–Crippen MR) is 141 cm³/mol. The van der Waals surface area contributed by atoms with Crippen LogP contribution >= 0.6 is 24.8 Å². The number of hydrogen-bond donors (Lipinski definition) is 1. The van der Waals surface area contributed by atoms with Crippen LogP contribution in [0, 0.1) is 6.92 Å². The molecule has 2 aromatic carbocycles. The lowest BCUT2D eigenvalue weighted by atomic mass is 10.0. The standard InChI is InChI=1S/C27H31N3O2.2ClH/c1-21-6-2-3-8-24(21)20-30(16-12-22-7-4-13-28-19-22)15-5-17-32-25-9-10-26-23(18-25)11-14-29-27(26)31;;/h2-4,6-10,13,18-19H,5,11-12,14-17,20H2,1H3,(H,29,31);2*1H. The summed E-state index contributed by atoms with van der Waals surface area (Å²) in [5, 5.41) is 2.88. The number of carbonyl (C=O) groups is 1. The molecule has 7 heteroatoms. The van der Waals surface area contributed by atoms with Crippen LogP contribution in [-0.2, 0) is 19.4 Å². The highest BCUT2D eigenvalue weighted by Crippen LogP contribution is 2.21. The second kappa shape index (κ2) is 14.0. The fraction of sp³-hybridized carbons (Fsp3) is 0.333. The van der Waals surface area contributed by atoms with E-state index in [1.54, 1.807) is 0 Å². The molecule has 1 aliphatic heterocycles. The van der Waals surface area contributed by atoms with Gasteiger partial charge in [0.2, 0.25) is 0 Å². The summed E-state index contributed by atoms with van der Waals surface area (Å²) in [7, 11) is 0. The number of rotatable bonds is 10. The first-order valence-corrected chi connectivity index (χ1v) is 11.4. The Morgan fingerprint density at radius 3 is 2.71 bits per heavy atom. The van der Waals surface area contributed by atoms with Crippen molar-refractivity contribution in [1.29, 1.82) is 0 Å². The maximum Gasteiger partial charge on any atom is 0.251 e. The third-order valence-electron chi connectivity index (χ3n) is 5.98. The Hall–Kier alpha value is -2.60. The molecule has 0 aliphatic carbocycles. The van der Waals surface area contributed by atoms with Crippen molar-refractivity contribution < 1.29 is 9.53 Å². The number of aryl methyl sites for hydroxylation is 1. The monoisotopic (exact) mass is 501 g/mol. The number of nitrogens with zero attached hydrogens (tertiary/aromatic N) is 2. The molecule has 0 bridgehead atoms. The largest absolute Gasteiger partial charge is 0.494 e. The second-order valence-electron chi connectivity index (χ2n) is 8.34. The normalized spacial score (nSPS) is 12.2. The number of amides is 1. The minimum Gasteiger partial charge on any atom is -0.494 e. The van der Waals surface area contributed by atoms with Gasteiger partial charge in [-0.3, -0.25) is 14.7 Å². The molecular formula is C27H33Cl2N3O2. The first kappa shape index (κ1) is 27.6. The first-order valence-electron chi connectivity index (χ1n) is 11.4. The lowest BCUT2D eigenvalue weighted by Crippen LogP contribution is -2.31. The van der Waals surface area contributed by atoms with E-state index < -0.39 is 0 Å². The van der Waals surface area contributed by atoms with Crippen LogP contribution in [0.5, 0.6) is 5.75 Å². The summed E-state index contributed by atoms with van der Waals surface area (Å²) < 4.78 is 6.03. The molecule has 0 atom stereocenters. The molecule has 0 radical (unpaired) electrons. The van der Waals surface area contributed by atoms with Gasteiger partial charge in [-0.05, 0) is 72.7 Å². The molecule has 1 N–H and O–H groups in total. The van der Waals surface area contributed by atoms with Gasteiger partial charge in [0, 0.05) is 44.1 Å². The van der Waals surface area contributed by atoms with Crippen molar-refractivity contribution >= 4 is 30.7 Å². The molecule has 1 aliphatic rings. The minimum atomic E-state index is 0. The number of pyridine rings is 1. The highest BCUT2D eigenvalue weighted by Gasteiger charge is 2.16. The predicted octanol–water partition coefficient (Wildman–Crippen LogP) is 5.03. The molecule has 0 fully saturated rings. The topological polar surface area (TPSA) is 54.5 Å². The van der Waals surface area contributed by atoms with E-state index in [9.17, 15) is 4.79 Å². The SMILES string of the molecule is Cc1ccccc1CN(CCCOc1ccc2c(c1)CCNC2=O)CCc1cccnc1.Cl.Cl. The molecule has 1 aromatic heterocycles. The van der Waals surface area contributed by atoms with Gasteiger partial charge in [-0.25, -0.2) is 0 Å². The molecule has 2 heterocycles. The fourth-order valence-corrected chi connectivity index (χ4v) is 4.10. The Labute approximate surface area is 214 Å². The smallest absolute Gasteiger partial charge is 0.251 e. The molecule has 1 amide bonds. The molecule has 0 saturated heterocycles. The minimum absolute atomic E-state index is 0. The van der Waals surface area contributed by atoms with E-state index in [1.165, 1.54) is 16.7 Å². The summed E-state index contributed by atoms with van der Waals surface area (Å²) in [5.41, 5.74) is 5.80. The zero-order chi connectivity index (χ0) is 22.2. The van der Waals surface area contributed by atoms with Crippen molar-refractivity contribution in [3.05, 3.63) is 94.8 Å². The van der Waals surface area contributed by atoms with E-state index in [0.717, 1.165) is 55.8 Å². The summed E-state index contributed by atoms with van der Waals surface area (Å²) >= 11 is 0. The van der Waals surface area contributed by atoms with Crippen molar-refractivity contribution in [2.75, 3.05) is 26.2 Å². The molecule has 5 nitrogen and oxygen atoms in total. The maximum absolute atomic E-state index is 11.9. The van der Waals surface area contributed by atoms with Crippen LogP contribution in [0.4, 0.5) is 0 Å². The molecule has 3 aromatic rings. The number of ether oxygens (including phenoxy) is 1. The van der Waals surface area contributed by atoms with E-state index in [4.69, 9.17) is 4.74 Å². The van der Waals surface area contributed by atoms with Gasteiger partial charge in [0.05, 0.1) is 6.61 Å². The quantitative estimate of drug-likeness (QED) is 0.395. The van der Waals surface area contributed by atoms with E-state index in [-0.39, 0.29) is 30.7 Å². The number of carbonyl (C=O) groups excluding carboxylic acids is 1. The van der Waals surface area contributed by atoms with Crippen molar-refractivity contribution in [1.82, 2.24) is 15.2 Å². The van der Waals surface area contributed by atoms with E-state index in [0.29, 0.717) is 13.2 Å². The van der Waals surface area contributed by atoms with E-state index in [1.807, 2.05) is 36.7 Å². The Morgan fingerprint density at radius 1 is 1.06 bits per heavy atom. The zero-order valence-electron chi connectivity index (χ0n) is 19.5. The lowest BCUT2D eigenvalue weighted by molar-refractivity contribution is 0.0946. The van der Waals surface area contributed by atoms with Crippen LogP contribution < -0.4 is 10.1 Å². The lowest BCUT2D eigenvalue weighted by Gasteiger charge is -2.23. The van der Waals surface area contributed by atoms with Crippen LogP contribution in [0.1, 0.15) is 39.0 Å². The highest BCUT2D eigenvalue weighted by atomic mass is 35.5. The van der Waals surface area contributed by atoms with Crippen LogP contribution in [-0.4, -0.2) is 42.0 Å². The second-order valence-corrected chi connectivity index (χ2v) is 8.34. The van der Waals surface area contributed by atoms with Gasteiger partial charge in [-0.1, -0.05) is 30.3 Å². The van der Waals surface area contributed by atoms with Crippen LogP contribution in [0.25, 0.3) is 0 Å². The van der Waals surface area contributed by atoms with E-state index in [2.05, 4.69) is 52.5 Å². The molecule has 182 valence electrons. The summed E-state index contributed by atoms with van der Waals surface area (Å²) in [6.07, 6.45) is 6.55. The number of fused-ring (bicyclic) bond motifs is 1. The Morgan fingerprint density at radius 2 is 1.91 bits per heavy atom. The molecule has 0 unspecified atom stereocenters. The summed E-state index contributed by atoms with van der Waals surface area (Å²) in [4.78, 5) is 18.6. The number of benzene rings is 2. The Bertz CT molecular complexity index is 1050. The van der Waals surface area contributed by atoms with Gasteiger partial charge < -0.3 is 10.1 Å². The van der Waals surface area contributed by atoms with Gasteiger partial charge in [-0.15, -0.1) is 24.8 Å². The van der Waals surface area contributed by atoms with Gasteiger partial charge >= 0.3 is 0 Å². The average Bonchev–Trinajstić information content (AvgIpc) is 2.82. The number of hydrogen-bond acceptors (Lipinski definition) is 4. The van der Waals surface area contributed by atoms with Gasteiger partial charge in [-0.2, -0.15) is 0 Å². The third kappa shape index (κ3) is 7.73. The number of aromatic nitrogens is 1. The Kier molecular flexibility index (Phi) is 11.3. The van der Waals surface area contributed by atoms with Gasteiger partial charge in [0.15, 0.2) is 0 Å². The molecule has 4 rings (SSSR count). The number of halogens is 2. The maximum atomic E-state index is 11.9. The van der Waals surface area contributed by atoms with E-state index >= 15 is 0 Å². The zero-order valence-corrected chi connectivity index (χ0v) is 21.2. The van der Waals surface area contributed by atoms with Crippen molar-refractivity contribution in [3.63, 3.8) is 0 Å². The molecule has 0 saturated carbocycles. The van der Waals surface area contributed by atoms with Crippen molar-refractivity contribution in [2.24, 2.45) is 0 Å². The van der Waals surface area contributed by atoms with Gasteiger partial charge in [0.1, 0.15) is 5.75 Å². The molecule has 34 heavy (non-hydrogen) atoms. The van der Waals surface area contributed by atoms with Crippen LogP contribution in [0.2, 0.25) is 0 Å². The average molecular weight is 502 g/mol. The molecular weight excluding hydrogens is 469 g/mol. The third-order valence-corrected chi connectivity index (χ3v) is 5.98. The summed E-state index contributed by atoms with van der Waals surface area (Å²) in [6.45, 7) is 6.40. The van der Waals surface area contributed by atoms with Crippen molar-refractivity contribution in [2.45, 2.75) is 32.7 Å². The first-order chi connectivity index (χ1) is 15.7. The summed E-state index contributed by atoms with van der Waals surface area (Å²) in [6, 6.07) is 18.5. The van der Waals surface area contributed by atoms with Crippen LogP contribution in [0.3, 0.4) is 0 Å². The van der Waals surface area contributed by atoms with Crippen LogP contribution in [0.15, 0.2) is 67.0 Å².